The predicted molar refractivity (Wildman–Crippen MR) is 155 cm³/mol. The fraction of sp³-hybridized carbons (Fsp3) is 0.310. The number of nitrogens with zero attached hydrogens (tertiary/aromatic N) is 2. The molecule has 2 atom stereocenters. The predicted octanol–water partition coefficient (Wildman–Crippen LogP) is 5.17. The van der Waals surface area contributed by atoms with E-state index in [2.05, 4.69) is 5.32 Å². The number of carbonyl (C=O) groups excluding carboxylic acids is 2. The summed E-state index contributed by atoms with van der Waals surface area (Å²) in [4.78, 5) is 28.9. The number of hydrogen-bond acceptors (Lipinski definition) is 4. The van der Waals surface area contributed by atoms with Crippen molar-refractivity contribution in [1.82, 2.24) is 14.5 Å². The van der Waals surface area contributed by atoms with E-state index in [1.807, 2.05) is 44.2 Å². The molecular weight excluding hydrogens is 557 g/mol. The molecule has 39 heavy (non-hydrogen) atoms. The summed E-state index contributed by atoms with van der Waals surface area (Å²) in [6.45, 7) is 3.50. The number of carbonyl (C=O) groups is 2. The van der Waals surface area contributed by atoms with Crippen LogP contribution < -0.4 is 5.32 Å². The number of amides is 2. The minimum absolute atomic E-state index is 0.0156. The molecule has 7 nitrogen and oxygen atoms in total. The number of benzene rings is 3. The summed E-state index contributed by atoms with van der Waals surface area (Å²) in [6, 6.07) is 21.2. The Hall–Kier alpha value is -2.91. The van der Waals surface area contributed by atoms with Crippen LogP contribution in [0.3, 0.4) is 0 Å². The highest BCUT2D eigenvalue weighted by Gasteiger charge is 2.33. The largest absolute Gasteiger partial charge is 0.352 e. The lowest BCUT2D eigenvalue weighted by Gasteiger charge is -2.33. The molecule has 0 radical (unpaired) electrons. The molecule has 0 aliphatic carbocycles. The first kappa shape index (κ1) is 30.6. The van der Waals surface area contributed by atoms with E-state index in [0.29, 0.717) is 10.0 Å². The molecule has 1 N–H and O–H groups in total. The Bertz CT molecular complexity index is 1350. The van der Waals surface area contributed by atoms with Crippen LogP contribution in [0.1, 0.15) is 31.4 Å². The van der Waals surface area contributed by atoms with Gasteiger partial charge >= 0.3 is 0 Å². The summed E-state index contributed by atoms with van der Waals surface area (Å²) in [5.74, 6) is -0.816. The topological polar surface area (TPSA) is 86.8 Å². The highest BCUT2D eigenvalue weighted by Crippen LogP contribution is 2.20. The molecule has 0 saturated carbocycles. The van der Waals surface area contributed by atoms with Crippen LogP contribution in [0.5, 0.6) is 0 Å². The van der Waals surface area contributed by atoms with E-state index in [1.54, 1.807) is 24.3 Å². The summed E-state index contributed by atoms with van der Waals surface area (Å²) < 4.78 is 27.4. The fourth-order valence-corrected chi connectivity index (χ4v) is 5.31. The third-order valence-electron chi connectivity index (χ3n) is 6.42. The zero-order valence-electron chi connectivity index (χ0n) is 22.2. The Kier molecular flexibility index (Phi) is 10.9. The van der Waals surface area contributed by atoms with Gasteiger partial charge in [-0.3, -0.25) is 9.59 Å². The molecule has 2 amide bonds. The van der Waals surface area contributed by atoms with Crippen LogP contribution in [0, 0.1) is 0 Å². The molecule has 0 heterocycles. The van der Waals surface area contributed by atoms with E-state index < -0.39 is 28.5 Å². The normalized spacial score (nSPS) is 13.1. The van der Waals surface area contributed by atoms with E-state index in [-0.39, 0.29) is 29.8 Å². The van der Waals surface area contributed by atoms with Gasteiger partial charge in [0, 0.05) is 36.1 Å². The van der Waals surface area contributed by atoms with E-state index in [4.69, 9.17) is 23.2 Å². The van der Waals surface area contributed by atoms with Crippen molar-refractivity contribution in [2.24, 2.45) is 0 Å². The maximum Gasteiger partial charge on any atom is 0.243 e. The van der Waals surface area contributed by atoms with Crippen molar-refractivity contribution in [3.05, 3.63) is 100 Å². The molecule has 0 bridgehead atoms. The van der Waals surface area contributed by atoms with Gasteiger partial charge in [0.2, 0.25) is 21.8 Å². The number of nitrogens with one attached hydrogen (secondary N) is 1. The number of likely N-dealkylation sites (N-methyl/N-ethyl adjacent to an activating group) is 1. The minimum atomic E-state index is -3.98. The maximum absolute atomic E-state index is 13.8. The average molecular weight is 591 g/mol. The second-order valence-corrected chi connectivity index (χ2v) is 12.3. The molecule has 0 saturated heterocycles. The molecule has 10 heteroatoms. The van der Waals surface area contributed by atoms with Crippen molar-refractivity contribution in [1.29, 1.82) is 0 Å². The van der Waals surface area contributed by atoms with Crippen LogP contribution in [-0.2, 0) is 32.6 Å². The Morgan fingerprint density at radius 3 is 2.00 bits per heavy atom. The highest BCUT2D eigenvalue weighted by atomic mass is 35.5. The molecule has 0 aromatic heterocycles. The SMILES string of the molecule is CC[C@@H](C)NC(=O)[C@@H](Cc1ccccc1)N(Cc1ccc(Cl)cc1)C(=O)CN(C)S(=O)(=O)c1ccc(Cl)cc1. The average Bonchev–Trinajstić information content (AvgIpc) is 2.92. The molecule has 0 fully saturated rings. The van der Waals surface area contributed by atoms with Gasteiger partial charge in [-0.25, -0.2) is 8.42 Å². The molecule has 0 aliphatic rings. The van der Waals surface area contributed by atoms with Crippen LogP contribution in [0.25, 0.3) is 0 Å². The molecular formula is C29H33Cl2N3O4S. The zero-order valence-corrected chi connectivity index (χ0v) is 24.5. The number of sulfonamides is 1. The molecule has 3 aromatic rings. The molecule has 0 unspecified atom stereocenters. The van der Waals surface area contributed by atoms with Crippen LogP contribution in [0.4, 0.5) is 0 Å². The van der Waals surface area contributed by atoms with Crippen molar-refractivity contribution in [2.45, 2.75) is 50.2 Å². The van der Waals surface area contributed by atoms with Gasteiger partial charge in [-0.2, -0.15) is 4.31 Å². The van der Waals surface area contributed by atoms with Crippen LogP contribution in [0.2, 0.25) is 10.0 Å². The summed E-state index contributed by atoms with van der Waals surface area (Å²) in [5.41, 5.74) is 1.63. The molecule has 0 spiro atoms. The van der Waals surface area contributed by atoms with Gasteiger partial charge in [-0.1, -0.05) is 72.6 Å². The van der Waals surface area contributed by atoms with Crippen LogP contribution in [0.15, 0.2) is 83.8 Å². The van der Waals surface area contributed by atoms with Crippen LogP contribution in [-0.4, -0.2) is 55.1 Å². The summed E-state index contributed by atoms with van der Waals surface area (Å²) >= 11 is 12.0. The van der Waals surface area contributed by atoms with Gasteiger partial charge in [0.15, 0.2) is 0 Å². The van der Waals surface area contributed by atoms with E-state index in [9.17, 15) is 18.0 Å². The van der Waals surface area contributed by atoms with Gasteiger partial charge in [0.05, 0.1) is 11.4 Å². The van der Waals surface area contributed by atoms with E-state index in [0.717, 1.165) is 21.9 Å². The molecule has 3 rings (SSSR count). The first-order valence-corrected chi connectivity index (χ1v) is 14.8. The third-order valence-corrected chi connectivity index (χ3v) is 8.74. The van der Waals surface area contributed by atoms with Crippen molar-refractivity contribution in [2.75, 3.05) is 13.6 Å². The lowest BCUT2D eigenvalue weighted by Crippen LogP contribution is -2.54. The Labute approximate surface area is 240 Å². The quantitative estimate of drug-likeness (QED) is 0.316. The van der Waals surface area contributed by atoms with E-state index >= 15 is 0 Å². The minimum Gasteiger partial charge on any atom is -0.352 e. The van der Waals surface area contributed by atoms with Crippen LogP contribution >= 0.6 is 23.2 Å². The Balaban J connectivity index is 1.97. The molecule has 0 aliphatic heterocycles. The Morgan fingerprint density at radius 1 is 0.872 bits per heavy atom. The number of hydrogen-bond donors (Lipinski definition) is 1. The first-order chi connectivity index (χ1) is 18.5. The molecule has 3 aromatic carbocycles. The first-order valence-electron chi connectivity index (χ1n) is 12.6. The lowest BCUT2D eigenvalue weighted by molar-refractivity contribution is -0.141. The number of rotatable bonds is 12. The fourth-order valence-electron chi connectivity index (χ4n) is 3.93. The van der Waals surface area contributed by atoms with Crippen molar-refractivity contribution < 1.29 is 18.0 Å². The van der Waals surface area contributed by atoms with Gasteiger partial charge < -0.3 is 10.2 Å². The van der Waals surface area contributed by atoms with E-state index in [1.165, 1.54) is 36.2 Å². The summed E-state index contributed by atoms with van der Waals surface area (Å²) in [7, 11) is -2.64. The second-order valence-electron chi connectivity index (χ2n) is 9.39. The highest BCUT2D eigenvalue weighted by molar-refractivity contribution is 7.89. The van der Waals surface area contributed by atoms with Gasteiger partial charge in [0.25, 0.3) is 0 Å². The van der Waals surface area contributed by atoms with Crippen molar-refractivity contribution in [3.63, 3.8) is 0 Å². The second kappa shape index (κ2) is 13.9. The van der Waals surface area contributed by atoms with Gasteiger partial charge in [-0.05, 0) is 60.9 Å². The van der Waals surface area contributed by atoms with Gasteiger partial charge in [-0.15, -0.1) is 0 Å². The van der Waals surface area contributed by atoms with Gasteiger partial charge in [0.1, 0.15) is 6.04 Å². The summed E-state index contributed by atoms with van der Waals surface area (Å²) in [6.07, 6.45) is 0.979. The standard InChI is InChI=1S/C29H33Cl2N3O4S/c1-4-21(2)32-29(36)27(18-22-8-6-5-7-9-22)34(19-23-10-12-24(30)13-11-23)28(35)20-33(3)39(37,38)26-16-14-25(31)15-17-26/h5-17,21,27H,4,18-20H2,1-3H3,(H,32,36)/t21-,27-/m1/s1. The smallest absolute Gasteiger partial charge is 0.243 e. The zero-order chi connectivity index (χ0) is 28.6. The van der Waals surface area contributed by atoms with Crippen molar-refractivity contribution >= 4 is 45.0 Å². The monoisotopic (exact) mass is 589 g/mol. The molecule has 208 valence electrons. The van der Waals surface area contributed by atoms with Crippen molar-refractivity contribution in [3.8, 4) is 0 Å². The maximum atomic E-state index is 13.8. The number of halogens is 2. The third kappa shape index (κ3) is 8.54. The lowest BCUT2D eigenvalue weighted by atomic mass is 10.0. The summed E-state index contributed by atoms with van der Waals surface area (Å²) in [5, 5.41) is 3.94. The Morgan fingerprint density at radius 2 is 1.44 bits per heavy atom.